The van der Waals surface area contributed by atoms with Crippen molar-refractivity contribution in [2.45, 2.75) is 16.7 Å². The van der Waals surface area contributed by atoms with Gasteiger partial charge < -0.3 is 11.5 Å². The molecule has 0 bridgehead atoms. The van der Waals surface area contributed by atoms with Gasteiger partial charge in [0.1, 0.15) is 0 Å². The molecule has 0 amide bonds. The van der Waals surface area contributed by atoms with Crippen LogP contribution >= 0.6 is 0 Å². The molecule has 2 rings (SSSR count). The molecule has 0 aliphatic heterocycles. The number of nitrogens with two attached hydrogens (primary N) is 2. The normalized spacial score (nSPS) is 11.7. The van der Waals surface area contributed by atoms with Gasteiger partial charge >= 0.3 is 0 Å². The lowest BCUT2D eigenvalue weighted by Gasteiger charge is -2.09. The molecule has 0 aliphatic carbocycles. The summed E-state index contributed by atoms with van der Waals surface area (Å²) in [6, 6.07) is 11.3. The molecule has 8 nitrogen and oxygen atoms in total. The van der Waals surface area contributed by atoms with Crippen molar-refractivity contribution in [3.8, 4) is 0 Å². The van der Waals surface area contributed by atoms with Crippen LogP contribution in [-0.2, 0) is 20.0 Å². The predicted octanol–water partition coefficient (Wildman–Crippen LogP) is 0.758. The molecule has 0 aromatic heterocycles. The Bertz CT molecular complexity index is 960. The Morgan fingerprint density at radius 2 is 1.38 bits per heavy atom. The van der Waals surface area contributed by atoms with E-state index in [0.717, 1.165) is 5.56 Å². The van der Waals surface area contributed by atoms with Gasteiger partial charge in [-0.3, -0.25) is 4.72 Å². The molecule has 24 heavy (non-hydrogen) atoms. The molecule has 10 heteroatoms. The van der Waals surface area contributed by atoms with Gasteiger partial charge in [0.25, 0.3) is 20.0 Å². The lowest BCUT2D eigenvalue weighted by Crippen LogP contribution is -2.24. The lowest BCUT2D eigenvalue weighted by atomic mass is 10.2. The largest absolute Gasteiger partial charge is 0.369 e. The van der Waals surface area contributed by atoms with E-state index in [2.05, 4.69) is 9.12 Å². The number of rotatable bonds is 5. The van der Waals surface area contributed by atoms with E-state index in [0.29, 0.717) is 0 Å². The van der Waals surface area contributed by atoms with Crippen LogP contribution < -0.4 is 16.2 Å². The number of guanidine groups is 1. The van der Waals surface area contributed by atoms with Crippen LogP contribution in [0.15, 0.2) is 62.7 Å². The minimum Gasteiger partial charge on any atom is -0.369 e. The van der Waals surface area contributed by atoms with Crippen molar-refractivity contribution >= 4 is 31.7 Å². The van der Waals surface area contributed by atoms with Gasteiger partial charge in [0.15, 0.2) is 0 Å². The first-order chi connectivity index (χ1) is 11.1. The molecule has 0 atom stereocenters. The topological polar surface area (TPSA) is 145 Å². The second-order valence-electron chi connectivity index (χ2n) is 4.93. The van der Waals surface area contributed by atoms with E-state index in [1.54, 1.807) is 12.1 Å². The second kappa shape index (κ2) is 6.49. The molecule has 0 fully saturated rings. The van der Waals surface area contributed by atoms with Gasteiger partial charge in [-0.1, -0.05) is 17.7 Å². The Kier molecular flexibility index (Phi) is 4.81. The Morgan fingerprint density at radius 3 is 1.88 bits per heavy atom. The third kappa shape index (κ3) is 4.24. The fourth-order valence-electron chi connectivity index (χ4n) is 1.82. The zero-order valence-corrected chi connectivity index (χ0v) is 14.3. The molecule has 0 saturated carbocycles. The molecular weight excluding hydrogens is 352 g/mol. The minimum atomic E-state index is -4.02. The van der Waals surface area contributed by atoms with Crippen LogP contribution in [-0.4, -0.2) is 22.8 Å². The molecule has 5 N–H and O–H groups in total. The first kappa shape index (κ1) is 17.8. The summed E-state index contributed by atoms with van der Waals surface area (Å²) in [5.74, 6) is -0.584. The number of benzene rings is 2. The van der Waals surface area contributed by atoms with E-state index in [1.165, 1.54) is 36.4 Å². The van der Waals surface area contributed by atoms with E-state index in [9.17, 15) is 16.8 Å². The van der Waals surface area contributed by atoms with Gasteiger partial charge in [-0.15, -0.1) is 4.40 Å². The van der Waals surface area contributed by atoms with Gasteiger partial charge in [-0.2, -0.15) is 8.42 Å². The molecule has 0 spiro atoms. The number of sulfonamides is 2. The number of hydrogen-bond donors (Lipinski definition) is 3. The molecule has 2 aromatic rings. The first-order valence-corrected chi connectivity index (χ1v) is 9.58. The van der Waals surface area contributed by atoms with Crippen molar-refractivity contribution in [3.05, 3.63) is 54.1 Å². The monoisotopic (exact) mass is 368 g/mol. The van der Waals surface area contributed by atoms with Crippen molar-refractivity contribution in [2.24, 2.45) is 15.9 Å². The predicted molar refractivity (Wildman–Crippen MR) is 91.4 cm³/mol. The third-order valence-corrected chi connectivity index (χ3v) is 5.68. The van der Waals surface area contributed by atoms with E-state index in [-0.39, 0.29) is 15.5 Å². The number of anilines is 1. The maximum Gasteiger partial charge on any atom is 0.285 e. The Morgan fingerprint density at radius 1 is 0.875 bits per heavy atom. The zero-order chi connectivity index (χ0) is 18.0. The molecular formula is C14H16N4O4S2. The maximum absolute atomic E-state index is 12.3. The van der Waals surface area contributed by atoms with Crippen molar-refractivity contribution in [2.75, 3.05) is 4.72 Å². The highest BCUT2D eigenvalue weighted by Gasteiger charge is 2.16. The second-order valence-corrected chi connectivity index (χ2v) is 8.22. The maximum atomic E-state index is 12.3. The first-order valence-electron chi connectivity index (χ1n) is 6.66. The Hall–Kier alpha value is -2.59. The van der Waals surface area contributed by atoms with Gasteiger partial charge in [0.2, 0.25) is 5.96 Å². The van der Waals surface area contributed by atoms with Crippen molar-refractivity contribution in [1.82, 2.24) is 0 Å². The summed E-state index contributed by atoms with van der Waals surface area (Å²) in [6.07, 6.45) is 0. The van der Waals surface area contributed by atoms with E-state index < -0.39 is 26.0 Å². The average molecular weight is 368 g/mol. The highest BCUT2D eigenvalue weighted by molar-refractivity contribution is 7.92. The summed E-state index contributed by atoms with van der Waals surface area (Å²) < 4.78 is 53.6. The highest BCUT2D eigenvalue weighted by atomic mass is 32.2. The minimum absolute atomic E-state index is 0.102. The number of hydrogen-bond acceptors (Lipinski definition) is 4. The van der Waals surface area contributed by atoms with Gasteiger partial charge in [-0.05, 0) is 43.3 Å². The fraction of sp³-hybridized carbons (Fsp3) is 0.0714. The lowest BCUT2D eigenvalue weighted by molar-refractivity contribution is 0.597. The molecule has 128 valence electrons. The molecule has 0 unspecified atom stereocenters. The van der Waals surface area contributed by atoms with Crippen LogP contribution in [0.4, 0.5) is 5.69 Å². The van der Waals surface area contributed by atoms with Crippen molar-refractivity contribution in [3.63, 3.8) is 0 Å². The van der Waals surface area contributed by atoms with E-state index in [4.69, 9.17) is 11.5 Å². The summed E-state index contributed by atoms with van der Waals surface area (Å²) in [5, 5.41) is 0. The quantitative estimate of drug-likeness (QED) is 0.525. The smallest absolute Gasteiger partial charge is 0.285 e. The highest BCUT2D eigenvalue weighted by Crippen LogP contribution is 2.19. The molecule has 0 aliphatic rings. The fourth-order valence-corrected chi connectivity index (χ4v) is 3.74. The molecule has 0 radical (unpaired) electrons. The summed E-state index contributed by atoms with van der Waals surface area (Å²) in [7, 11) is -7.78. The van der Waals surface area contributed by atoms with E-state index in [1.807, 2.05) is 6.92 Å². The van der Waals surface area contributed by atoms with Gasteiger partial charge in [0, 0.05) is 5.69 Å². The molecule has 0 heterocycles. The summed E-state index contributed by atoms with van der Waals surface area (Å²) in [5.41, 5.74) is 11.3. The third-order valence-electron chi connectivity index (χ3n) is 2.96. The van der Waals surface area contributed by atoms with Crippen LogP contribution in [0.3, 0.4) is 0 Å². The van der Waals surface area contributed by atoms with Crippen LogP contribution in [0, 0.1) is 6.92 Å². The molecule has 2 aromatic carbocycles. The summed E-state index contributed by atoms with van der Waals surface area (Å²) >= 11 is 0. The van der Waals surface area contributed by atoms with Crippen molar-refractivity contribution < 1.29 is 16.8 Å². The SMILES string of the molecule is Cc1ccc(S(=O)(=O)Nc2ccc(S(=O)(=O)N=C(N)N)cc2)cc1. The van der Waals surface area contributed by atoms with Crippen LogP contribution in [0.2, 0.25) is 0 Å². The van der Waals surface area contributed by atoms with Crippen LogP contribution in [0.25, 0.3) is 0 Å². The van der Waals surface area contributed by atoms with Gasteiger partial charge in [-0.25, -0.2) is 8.42 Å². The molecule has 0 saturated heterocycles. The van der Waals surface area contributed by atoms with Gasteiger partial charge in [0.05, 0.1) is 9.79 Å². The summed E-state index contributed by atoms with van der Waals surface area (Å²) in [4.78, 5) is -0.0560. The standard InChI is InChI=1S/C14H16N4O4S2/c1-10-2-6-12(7-3-10)23(19,20)17-11-4-8-13(9-5-11)24(21,22)18-14(15)16/h2-9,17H,1H3,(H4,15,16,18). The number of aryl methyl sites for hydroxylation is 1. The number of nitrogens with one attached hydrogen (secondary N) is 1. The Balaban J connectivity index is 2.26. The number of nitrogens with zero attached hydrogens (tertiary/aromatic N) is 1. The summed E-state index contributed by atoms with van der Waals surface area (Å²) in [6.45, 7) is 1.85. The van der Waals surface area contributed by atoms with E-state index >= 15 is 0 Å². The van der Waals surface area contributed by atoms with Crippen molar-refractivity contribution in [1.29, 1.82) is 0 Å². The average Bonchev–Trinajstić information content (AvgIpc) is 2.46. The zero-order valence-electron chi connectivity index (χ0n) is 12.7. The van der Waals surface area contributed by atoms with Crippen LogP contribution in [0.1, 0.15) is 5.56 Å². The van der Waals surface area contributed by atoms with Crippen LogP contribution in [0.5, 0.6) is 0 Å². The Labute approximate surface area is 140 Å².